The maximum atomic E-state index is 12.0. The number of hydrogen-bond donors (Lipinski definition) is 2. The Labute approximate surface area is 138 Å². The molecule has 0 spiro atoms. The van der Waals surface area contributed by atoms with Crippen LogP contribution in [-0.4, -0.2) is 24.1 Å². The highest BCUT2D eigenvalue weighted by Gasteiger charge is 2.13. The lowest BCUT2D eigenvalue weighted by Gasteiger charge is -2.10. The number of nitrogens with one attached hydrogen (secondary N) is 2. The summed E-state index contributed by atoms with van der Waals surface area (Å²) in [6.45, 7) is 3.34. The van der Waals surface area contributed by atoms with Gasteiger partial charge in [0.1, 0.15) is 0 Å². The van der Waals surface area contributed by atoms with Crippen LogP contribution in [0.2, 0.25) is 0 Å². The fraction of sp³-hybridized carbons (Fsp3) is 0.235. The van der Waals surface area contributed by atoms with E-state index in [0.29, 0.717) is 9.75 Å². The molecular formula is C17H18N2O3S. The summed E-state index contributed by atoms with van der Waals surface area (Å²) in [7, 11) is 0. The van der Waals surface area contributed by atoms with Crippen LogP contribution in [0.15, 0.2) is 36.4 Å². The number of aryl methyl sites for hydroxylation is 1. The summed E-state index contributed by atoms with van der Waals surface area (Å²) in [5.41, 5.74) is 1.79. The Balaban J connectivity index is 1.90. The Morgan fingerprint density at radius 2 is 1.74 bits per heavy atom. The van der Waals surface area contributed by atoms with E-state index in [9.17, 15) is 14.4 Å². The smallest absolute Gasteiger partial charge is 0.261 e. The Morgan fingerprint density at radius 3 is 2.39 bits per heavy atom. The van der Waals surface area contributed by atoms with Gasteiger partial charge in [-0.3, -0.25) is 14.4 Å². The lowest BCUT2D eigenvalue weighted by atomic mass is 10.1. The number of benzene rings is 1. The van der Waals surface area contributed by atoms with Crippen molar-refractivity contribution in [3.05, 3.63) is 51.7 Å². The molecule has 0 unspecified atom stereocenters. The molecule has 23 heavy (non-hydrogen) atoms. The third kappa shape index (κ3) is 4.50. The van der Waals surface area contributed by atoms with E-state index in [1.165, 1.54) is 6.92 Å². The van der Waals surface area contributed by atoms with Crippen molar-refractivity contribution in [2.75, 3.05) is 11.9 Å². The average Bonchev–Trinajstić information content (AvgIpc) is 3.03. The van der Waals surface area contributed by atoms with Crippen LogP contribution in [0.3, 0.4) is 0 Å². The van der Waals surface area contributed by atoms with Crippen molar-refractivity contribution in [3.8, 4) is 0 Å². The molecule has 6 heteroatoms. The van der Waals surface area contributed by atoms with Crippen LogP contribution in [0.4, 0.5) is 5.69 Å². The van der Waals surface area contributed by atoms with E-state index in [4.69, 9.17) is 0 Å². The SMILES string of the molecule is CCc1ccccc1NC(=O)CNC(=O)c1ccc(C(C)=O)s1. The number of amides is 2. The molecule has 0 atom stereocenters. The van der Waals surface area contributed by atoms with Crippen molar-refractivity contribution >= 4 is 34.6 Å². The highest BCUT2D eigenvalue weighted by atomic mass is 32.1. The van der Waals surface area contributed by atoms with Gasteiger partial charge >= 0.3 is 0 Å². The second-order valence-electron chi connectivity index (χ2n) is 4.96. The summed E-state index contributed by atoms with van der Waals surface area (Å²) >= 11 is 1.12. The fourth-order valence-electron chi connectivity index (χ4n) is 2.04. The number of ketones is 1. The summed E-state index contributed by atoms with van der Waals surface area (Å²) in [5.74, 6) is -0.730. The van der Waals surface area contributed by atoms with Crippen LogP contribution in [0.5, 0.6) is 0 Å². The zero-order chi connectivity index (χ0) is 16.8. The van der Waals surface area contributed by atoms with Gasteiger partial charge in [-0.1, -0.05) is 25.1 Å². The first-order chi connectivity index (χ1) is 11.0. The average molecular weight is 330 g/mol. The predicted octanol–water partition coefficient (Wildman–Crippen LogP) is 2.88. The number of thiophene rings is 1. The summed E-state index contributed by atoms with van der Waals surface area (Å²) in [5, 5.41) is 5.34. The molecule has 0 bridgehead atoms. The van der Waals surface area contributed by atoms with Crippen LogP contribution < -0.4 is 10.6 Å². The topological polar surface area (TPSA) is 75.3 Å². The van der Waals surface area contributed by atoms with Gasteiger partial charge in [0.2, 0.25) is 5.91 Å². The minimum atomic E-state index is -0.360. The second-order valence-corrected chi connectivity index (χ2v) is 6.05. The normalized spacial score (nSPS) is 10.2. The Morgan fingerprint density at radius 1 is 1.04 bits per heavy atom. The standard InChI is InChI=1S/C17H18N2O3S/c1-3-12-6-4-5-7-13(12)19-16(21)10-18-17(22)15-9-8-14(23-15)11(2)20/h4-9H,3,10H2,1-2H3,(H,18,22)(H,19,21). The van der Waals surface area contributed by atoms with E-state index in [-0.39, 0.29) is 24.1 Å². The van der Waals surface area contributed by atoms with E-state index in [1.807, 2.05) is 31.2 Å². The molecule has 0 radical (unpaired) electrons. The number of carbonyl (C=O) groups is 3. The van der Waals surface area contributed by atoms with Crippen molar-refractivity contribution in [1.82, 2.24) is 5.32 Å². The van der Waals surface area contributed by atoms with Gasteiger partial charge in [-0.05, 0) is 37.1 Å². The third-order valence-electron chi connectivity index (χ3n) is 3.26. The van der Waals surface area contributed by atoms with Crippen LogP contribution in [0.25, 0.3) is 0 Å². The minimum Gasteiger partial charge on any atom is -0.342 e. The van der Waals surface area contributed by atoms with Gasteiger partial charge < -0.3 is 10.6 Å². The Bertz CT molecular complexity index is 737. The first-order valence-corrected chi connectivity index (χ1v) is 8.09. The van der Waals surface area contributed by atoms with Crippen LogP contribution in [0.1, 0.15) is 38.8 Å². The molecule has 0 fully saturated rings. The maximum Gasteiger partial charge on any atom is 0.261 e. The number of anilines is 1. The van der Waals surface area contributed by atoms with Crippen LogP contribution in [0, 0.1) is 0 Å². The van der Waals surface area contributed by atoms with Crippen LogP contribution in [-0.2, 0) is 11.2 Å². The molecule has 0 aliphatic carbocycles. The number of hydrogen-bond acceptors (Lipinski definition) is 4. The van der Waals surface area contributed by atoms with Gasteiger partial charge in [0.15, 0.2) is 5.78 Å². The lowest BCUT2D eigenvalue weighted by molar-refractivity contribution is -0.115. The number of para-hydroxylation sites is 1. The molecule has 1 heterocycles. The zero-order valence-corrected chi connectivity index (χ0v) is 13.8. The minimum absolute atomic E-state index is 0.0806. The molecule has 2 rings (SSSR count). The maximum absolute atomic E-state index is 12.0. The van der Waals surface area contributed by atoms with E-state index in [0.717, 1.165) is 29.0 Å². The lowest BCUT2D eigenvalue weighted by Crippen LogP contribution is -2.32. The van der Waals surface area contributed by atoms with Crippen molar-refractivity contribution < 1.29 is 14.4 Å². The van der Waals surface area contributed by atoms with Gasteiger partial charge in [-0.25, -0.2) is 0 Å². The van der Waals surface area contributed by atoms with Gasteiger partial charge in [0, 0.05) is 5.69 Å². The van der Waals surface area contributed by atoms with Crippen molar-refractivity contribution in [2.24, 2.45) is 0 Å². The molecule has 5 nitrogen and oxygen atoms in total. The third-order valence-corrected chi connectivity index (χ3v) is 4.44. The van der Waals surface area contributed by atoms with Gasteiger partial charge in [0.25, 0.3) is 5.91 Å². The molecule has 2 aromatic rings. The van der Waals surface area contributed by atoms with E-state index >= 15 is 0 Å². The van der Waals surface area contributed by atoms with Crippen molar-refractivity contribution in [3.63, 3.8) is 0 Å². The van der Waals surface area contributed by atoms with Gasteiger partial charge in [-0.15, -0.1) is 11.3 Å². The van der Waals surface area contributed by atoms with E-state index in [1.54, 1.807) is 12.1 Å². The second kappa shape index (κ2) is 7.69. The highest BCUT2D eigenvalue weighted by molar-refractivity contribution is 7.15. The summed E-state index contributed by atoms with van der Waals surface area (Å²) < 4.78 is 0. The molecule has 0 aliphatic heterocycles. The molecule has 2 N–H and O–H groups in total. The highest BCUT2D eigenvalue weighted by Crippen LogP contribution is 2.17. The van der Waals surface area contributed by atoms with Gasteiger partial charge in [-0.2, -0.15) is 0 Å². The number of Topliss-reactive ketones (excluding diaryl/α,β-unsaturated/α-hetero) is 1. The quantitative estimate of drug-likeness (QED) is 0.800. The first-order valence-electron chi connectivity index (χ1n) is 7.28. The summed E-state index contributed by atoms with van der Waals surface area (Å²) in [6.07, 6.45) is 0.811. The molecule has 0 saturated carbocycles. The Kier molecular flexibility index (Phi) is 5.65. The molecule has 0 saturated heterocycles. The van der Waals surface area contributed by atoms with E-state index < -0.39 is 0 Å². The largest absolute Gasteiger partial charge is 0.342 e. The summed E-state index contributed by atoms with van der Waals surface area (Å²) in [4.78, 5) is 36.1. The molecule has 1 aromatic carbocycles. The zero-order valence-electron chi connectivity index (χ0n) is 13.0. The summed E-state index contributed by atoms with van der Waals surface area (Å²) in [6, 6.07) is 10.7. The molecule has 1 aromatic heterocycles. The Hall–Kier alpha value is -2.47. The molecule has 2 amide bonds. The predicted molar refractivity (Wildman–Crippen MR) is 91.1 cm³/mol. The van der Waals surface area contributed by atoms with Gasteiger partial charge in [0.05, 0.1) is 16.3 Å². The number of rotatable bonds is 6. The molecule has 120 valence electrons. The van der Waals surface area contributed by atoms with E-state index in [2.05, 4.69) is 10.6 Å². The van der Waals surface area contributed by atoms with Crippen LogP contribution >= 0.6 is 11.3 Å². The van der Waals surface area contributed by atoms with Crippen molar-refractivity contribution in [2.45, 2.75) is 20.3 Å². The molecular weight excluding hydrogens is 312 g/mol. The molecule has 0 aliphatic rings. The van der Waals surface area contributed by atoms with Crippen molar-refractivity contribution in [1.29, 1.82) is 0 Å². The monoisotopic (exact) mass is 330 g/mol. The first kappa shape index (κ1) is 16.9. The fourth-order valence-corrected chi connectivity index (χ4v) is 2.86. The number of carbonyl (C=O) groups excluding carboxylic acids is 3.